The largest absolute Gasteiger partial charge is 0.382 e. The summed E-state index contributed by atoms with van der Waals surface area (Å²) in [6, 6.07) is 15.4. The van der Waals surface area contributed by atoms with E-state index in [1.807, 2.05) is 48.5 Å². The van der Waals surface area contributed by atoms with Crippen LogP contribution in [0.1, 0.15) is 18.5 Å². The molecule has 112 valence electrons. The molecule has 0 unspecified atom stereocenters. The molecule has 0 atom stereocenters. The van der Waals surface area contributed by atoms with Crippen molar-refractivity contribution in [3.05, 3.63) is 60.4 Å². The third kappa shape index (κ3) is 3.49. The van der Waals surface area contributed by atoms with Gasteiger partial charge >= 0.3 is 0 Å². The van der Waals surface area contributed by atoms with Gasteiger partial charge in [0.2, 0.25) is 5.96 Å². The molecule has 1 aromatic heterocycles. The maximum absolute atomic E-state index is 6.10. The normalized spacial score (nSPS) is 16.1. The Morgan fingerprint density at radius 3 is 2.41 bits per heavy atom. The lowest BCUT2D eigenvalue weighted by Crippen LogP contribution is -2.29. The number of aromatic nitrogens is 1. The van der Waals surface area contributed by atoms with Crippen molar-refractivity contribution in [2.24, 2.45) is 15.7 Å². The van der Waals surface area contributed by atoms with Crippen molar-refractivity contribution in [1.82, 2.24) is 9.88 Å². The molecule has 2 aromatic rings. The number of para-hydroxylation sites is 1. The minimum atomic E-state index is 0.391. The molecule has 1 aromatic carbocycles. The van der Waals surface area contributed by atoms with Crippen molar-refractivity contribution >= 4 is 17.5 Å². The second-order valence-electron chi connectivity index (χ2n) is 5.15. The highest BCUT2D eigenvalue weighted by atomic mass is 15.3. The van der Waals surface area contributed by atoms with Crippen LogP contribution in [-0.4, -0.2) is 34.8 Å². The number of rotatable bonds is 2. The molecule has 1 saturated heterocycles. The van der Waals surface area contributed by atoms with Crippen molar-refractivity contribution in [2.45, 2.75) is 12.8 Å². The van der Waals surface area contributed by atoms with E-state index >= 15 is 0 Å². The van der Waals surface area contributed by atoms with Crippen molar-refractivity contribution in [3.8, 4) is 0 Å². The summed E-state index contributed by atoms with van der Waals surface area (Å²) < 4.78 is 0. The number of hydrogen-bond acceptors (Lipinski definition) is 2. The van der Waals surface area contributed by atoms with Gasteiger partial charge in [0.25, 0.3) is 0 Å². The monoisotopic (exact) mass is 293 g/mol. The van der Waals surface area contributed by atoms with Gasteiger partial charge in [-0.15, -0.1) is 0 Å². The minimum Gasteiger partial charge on any atom is -0.382 e. The zero-order valence-corrected chi connectivity index (χ0v) is 12.4. The van der Waals surface area contributed by atoms with Gasteiger partial charge in [-0.3, -0.25) is 4.98 Å². The fourth-order valence-corrected chi connectivity index (χ4v) is 2.38. The maximum atomic E-state index is 6.10. The van der Waals surface area contributed by atoms with Gasteiger partial charge in [0.05, 0.1) is 5.69 Å². The zero-order valence-electron chi connectivity index (χ0n) is 12.4. The number of benzene rings is 1. The number of nitrogens with zero attached hydrogens (tertiary/aromatic N) is 4. The minimum absolute atomic E-state index is 0.391. The molecule has 5 nitrogen and oxygen atoms in total. The third-order valence-corrected chi connectivity index (χ3v) is 3.52. The molecule has 0 bridgehead atoms. The molecule has 2 heterocycles. The van der Waals surface area contributed by atoms with E-state index in [2.05, 4.69) is 19.9 Å². The standard InChI is InChI=1S/C17H19N5/c18-16(15-10-4-5-11-19-15)21-17(22-12-6-7-13-22)20-14-8-2-1-3-9-14/h1-5,8-11H,6-7,12-13H2,(H2,18,20,21). The van der Waals surface area contributed by atoms with Gasteiger partial charge in [-0.2, -0.15) is 4.99 Å². The van der Waals surface area contributed by atoms with E-state index in [0.717, 1.165) is 31.6 Å². The highest BCUT2D eigenvalue weighted by Crippen LogP contribution is 2.15. The van der Waals surface area contributed by atoms with Crippen LogP contribution in [0.5, 0.6) is 0 Å². The quantitative estimate of drug-likeness (QED) is 0.683. The first-order valence-electron chi connectivity index (χ1n) is 7.47. The number of nitrogens with two attached hydrogens (primary N) is 1. The maximum Gasteiger partial charge on any atom is 0.227 e. The van der Waals surface area contributed by atoms with Crippen LogP contribution in [0.25, 0.3) is 0 Å². The van der Waals surface area contributed by atoms with E-state index in [0.29, 0.717) is 17.5 Å². The Labute approximate surface area is 130 Å². The average Bonchev–Trinajstić information content (AvgIpc) is 3.10. The van der Waals surface area contributed by atoms with Crippen LogP contribution in [-0.2, 0) is 0 Å². The Balaban J connectivity index is 1.93. The number of pyridine rings is 1. The lowest BCUT2D eigenvalue weighted by molar-refractivity contribution is 0.514. The molecule has 2 N–H and O–H groups in total. The number of guanidine groups is 1. The molecule has 0 radical (unpaired) electrons. The Morgan fingerprint density at radius 2 is 1.73 bits per heavy atom. The molecular formula is C17H19N5. The molecule has 1 fully saturated rings. The third-order valence-electron chi connectivity index (χ3n) is 3.52. The van der Waals surface area contributed by atoms with Crippen molar-refractivity contribution in [2.75, 3.05) is 13.1 Å². The summed E-state index contributed by atoms with van der Waals surface area (Å²) in [4.78, 5) is 15.6. The topological polar surface area (TPSA) is 66.9 Å². The number of likely N-dealkylation sites (tertiary alicyclic amines) is 1. The highest BCUT2D eigenvalue weighted by molar-refractivity contribution is 6.04. The van der Waals surface area contributed by atoms with Gasteiger partial charge in [-0.05, 0) is 37.1 Å². The van der Waals surface area contributed by atoms with E-state index < -0.39 is 0 Å². The Hall–Kier alpha value is -2.69. The van der Waals surface area contributed by atoms with Crippen LogP contribution >= 0.6 is 0 Å². The fraction of sp³-hybridized carbons (Fsp3) is 0.235. The first-order valence-corrected chi connectivity index (χ1v) is 7.47. The molecule has 0 saturated carbocycles. The van der Waals surface area contributed by atoms with Gasteiger partial charge in [0.1, 0.15) is 5.69 Å². The van der Waals surface area contributed by atoms with Crippen LogP contribution in [0.4, 0.5) is 5.69 Å². The second-order valence-corrected chi connectivity index (χ2v) is 5.15. The van der Waals surface area contributed by atoms with Crippen molar-refractivity contribution < 1.29 is 0 Å². The predicted octanol–water partition coefficient (Wildman–Crippen LogP) is 2.57. The summed E-state index contributed by atoms with van der Waals surface area (Å²) in [5.74, 6) is 1.05. The van der Waals surface area contributed by atoms with E-state index in [1.165, 1.54) is 0 Å². The molecule has 0 amide bonds. The van der Waals surface area contributed by atoms with Crippen LogP contribution in [0.2, 0.25) is 0 Å². The molecule has 5 heteroatoms. The Kier molecular flexibility index (Phi) is 4.44. The Bertz CT molecular complexity index is 658. The zero-order chi connectivity index (χ0) is 15.2. The molecule has 22 heavy (non-hydrogen) atoms. The average molecular weight is 293 g/mol. The predicted molar refractivity (Wildman–Crippen MR) is 89.3 cm³/mol. The SMILES string of the molecule is NC(=NC(=Nc1ccccc1)N1CCCC1)c1ccccn1. The van der Waals surface area contributed by atoms with E-state index in [4.69, 9.17) is 5.73 Å². The Morgan fingerprint density at radius 1 is 1.00 bits per heavy atom. The molecular weight excluding hydrogens is 274 g/mol. The summed E-state index contributed by atoms with van der Waals surface area (Å²) in [5, 5.41) is 0. The smallest absolute Gasteiger partial charge is 0.227 e. The van der Waals surface area contributed by atoms with Gasteiger partial charge < -0.3 is 10.6 Å². The number of aliphatic imine (C=N–C) groups is 2. The lowest BCUT2D eigenvalue weighted by Gasteiger charge is -2.16. The fourth-order valence-electron chi connectivity index (χ4n) is 2.38. The van der Waals surface area contributed by atoms with Gasteiger partial charge in [-0.25, -0.2) is 4.99 Å². The summed E-state index contributed by atoms with van der Waals surface area (Å²) >= 11 is 0. The van der Waals surface area contributed by atoms with Gasteiger partial charge in [-0.1, -0.05) is 24.3 Å². The second kappa shape index (κ2) is 6.85. The highest BCUT2D eigenvalue weighted by Gasteiger charge is 2.16. The first kappa shape index (κ1) is 14.3. The van der Waals surface area contributed by atoms with Crippen LogP contribution in [0.3, 0.4) is 0 Å². The van der Waals surface area contributed by atoms with Gasteiger partial charge in [0, 0.05) is 19.3 Å². The van der Waals surface area contributed by atoms with E-state index in [1.54, 1.807) is 6.20 Å². The van der Waals surface area contributed by atoms with E-state index in [-0.39, 0.29) is 0 Å². The summed E-state index contributed by atoms with van der Waals surface area (Å²) in [7, 11) is 0. The molecule has 1 aliphatic heterocycles. The molecule has 3 rings (SSSR count). The first-order chi connectivity index (χ1) is 10.8. The van der Waals surface area contributed by atoms with Crippen LogP contribution in [0.15, 0.2) is 64.7 Å². The molecule has 0 spiro atoms. The van der Waals surface area contributed by atoms with Crippen molar-refractivity contribution in [1.29, 1.82) is 0 Å². The summed E-state index contributed by atoms with van der Waals surface area (Å²) in [5.41, 5.74) is 7.64. The molecule has 1 aliphatic rings. The molecule has 0 aliphatic carbocycles. The summed E-state index contributed by atoms with van der Waals surface area (Å²) in [6.07, 6.45) is 4.03. The lowest BCUT2D eigenvalue weighted by atomic mass is 10.3. The summed E-state index contributed by atoms with van der Waals surface area (Å²) in [6.45, 7) is 1.93. The van der Waals surface area contributed by atoms with Gasteiger partial charge in [0.15, 0.2) is 5.84 Å². The van der Waals surface area contributed by atoms with Crippen molar-refractivity contribution in [3.63, 3.8) is 0 Å². The van der Waals surface area contributed by atoms with Crippen LogP contribution < -0.4 is 5.73 Å². The van der Waals surface area contributed by atoms with E-state index in [9.17, 15) is 0 Å². The van der Waals surface area contributed by atoms with Crippen LogP contribution in [0, 0.1) is 0 Å². The number of amidine groups is 1. The number of hydrogen-bond donors (Lipinski definition) is 1.